The Bertz CT molecular complexity index is 557. The molecule has 0 unspecified atom stereocenters. The fourth-order valence-electron chi connectivity index (χ4n) is 1.84. The number of carbonyl (C=O) groups excluding carboxylic acids is 1. The first-order chi connectivity index (χ1) is 7.50. The van der Waals surface area contributed by atoms with Crippen molar-refractivity contribution in [2.24, 2.45) is 0 Å². The van der Waals surface area contributed by atoms with Gasteiger partial charge in [-0.2, -0.15) is 0 Å². The molecule has 0 bridgehead atoms. The lowest BCUT2D eigenvalue weighted by Crippen LogP contribution is -2.09. The summed E-state index contributed by atoms with van der Waals surface area (Å²) in [6.45, 7) is 5.35. The van der Waals surface area contributed by atoms with Gasteiger partial charge in [-0.3, -0.25) is 4.79 Å². The Morgan fingerprint density at radius 3 is 2.69 bits per heavy atom. The zero-order chi connectivity index (χ0) is 11.9. The van der Waals surface area contributed by atoms with Crippen LogP contribution in [0.4, 0.5) is 4.39 Å². The first kappa shape index (κ1) is 10.8. The molecule has 0 atom stereocenters. The summed E-state index contributed by atoms with van der Waals surface area (Å²) in [7, 11) is 0. The first-order valence-corrected chi connectivity index (χ1v) is 5.19. The molecular formula is C12H13FN2O. The van der Waals surface area contributed by atoms with Crippen LogP contribution in [0.2, 0.25) is 0 Å². The monoisotopic (exact) mass is 220 g/mol. The lowest BCUT2D eigenvalue weighted by atomic mass is 10.3. The van der Waals surface area contributed by atoms with Crippen molar-refractivity contribution in [3.05, 3.63) is 29.8 Å². The van der Waals surface area contributed by atoms with Crippen molar-refractivity contribution >= 4 is 16.8 Å². The summed E-state index contributed by atoms with van der Waals surface area (Å²) >= 11 is 0. The molecular weight excluding hydrogens is 207 g/mol. The predicted molar refractivity (Wildman–Crippen MR) is 60.1 cm³/mol. The van der Waals surface area contributed by atoms with Crippen LogP contribution >= 0.6 is 0 Å². The Morgan fingerprint density at radius 1 is 1.44 bits per heavy atom. The van der Waals surface area contributed by atoms with E-state index < -0.39 is 0 Å². The molecule has 0 fully saturated rings. The van der Waals surface area contributed by atoms with Crippen LogP contribution in [0.3, 0.4) is 0 Å². The van der Waals surface area contributed by atoms with Crippen molar-refractivity contribution in [1.82, 2.24) is 9.55 Å². The first-order valence-electron chi connectivity index (χ1n) is 5.19. The molecule has 84 valence electrons. The Balaban J connectivity index is 2.82. The largest absolute Gasteiger partial charge is 0.319 e. The molecule has 3 nitrogen and oxygen atoms in total. The Hall–Kier alpha value is -1.71. The van der Waals surface area contributed by atoms with Gasteiger partial charge in [0.2, 0.25) is 0 Å². The second-order valence-electron chi connectivity index (χ2n) is 4.09. The fraction of sp³-hybridized carbons (Fsp3) is 0.333. The average Bonchev–Trinajstić information content (AvgIpc) is 2.55. The maximum Gasteiger partial charge on any atom is 0.195 e. The van der Waals surface area contributed by atoms with Gasteiger partial charge in [-0.15, -0.1) is 0 Å². The number of rotatable bonds is 2. The quantitative estimate of drug-likeness (QED) is 0.729. The van der Waals surface area contributed by atoms with Gasteiger partial charge in [-0.25, -0.2) is 9.37 Å². The van der Waals surface area contributed by atoms with Crippen LogP contribution in [-0.4, -0.2) is 15.3 Å². The van der Waals surface area contributed by atoms with Crippen molar-refractivity contribution in [2.75, 3.05) is 0 Å². The van der Waals surface area contributed by atoms with E-state index in [1.807, 2.05) is 13.8 Å². The smallest absolute Gasteiger partial charge is 0.195 e. The van der Waals surface area contributed by atoms with E-state index in [0.29, 0.717) is 16.9 Å². The fourth-order valence-corrected chi connectivity index (χ4v) is 1.84. The molecule has 2 aromatic rings. The number of fused-ring (bicyclic) bond motifs is 1. The van der Waals surface area contributed by atoms with Crippen molar-refractivity contribution in [3.8, 4) is 0 Å². The molecule has 4 heteroatoms. The van der Waals surface area contributed by atoms with Crippen LogP contribution in [0.1, 0.15) is 37.4 Å². The van der Waals surface area contributed by atoms with E-state index in [2.05, 4.69) is 4.98 Å². The summed E-state index contributed by atoms with van der Waals surface area (Å²) in [6.07, 6.45) is 0. The third kappa shape index (κ3) is 1.60. The van der Waals surface area contributed by atoms with Gasteiger partial charge < -0.3 is 4.57 Å². The number of imidazole rings is 1. The standard InChI is InChI=1S/C12H13FN2O/c1-7(2)15-11-6-9(13)4-5-10(11)14-12(15)8(3)16/h4-7H,1-3H3. The van der Waals surface area contributed by atoms with Gasteiger partial charge in [0, 0.05) is 13.0 Å². The molecule has 0 saturated heterocycles. The van der Waals surface area contributed by atoms with Gasteiger partial charge in [0.15, 0.2) is 11.6 Å². The number of ketones is 1. The minimum absolute atomic E-state index is 0.0747. The summed E-state index contributed by atoms with van der Waals surface area (Å²) in [5, 5.41) is 0. The van der Waals surface area contributed by atoms with E-state index in [9.17, 15) is 9.18 Å². The van der Waals surface area contributed by atoms with Gasteiger partial charge in [-0.1, -0.05) is 0 Å². The zero-order valence-corrected chi connectivity index (χ0v) is 9.49. The number of Topliss-reactive ketones (excluding diaryl/α,β-unsaturated/α-hetero) is 1. The van der Waals surface area contributed by atoms with Gasteiger partial charge in [0.05, 0.1) is 11.0 Å². The highest BCUT2D eigenvalue weighted by Gasteiger charge is 2.16. The molecule has 1 aromatic carbocycles. The second kappa shape index (κ2) is 3.70. The van der Waals surface area contributed by atoms with Crippen molar-refractivity contribution in [2.45, 2.75) is 26.8 Å². The zero-order valence-electron chi connectivity index (χ0n) is 9.49. The third-order valence-corrected chi connectivity index (χ3v) is 2.48. The number of hydrogen-bond acceptors (Lipinski definition) is 2. The number of benzene rings is 1. The van der Waals surface area contributed by atoms with Crippen molar-refractivity contribution < 1.29 is 9.18 Å². The molecule has 0 aliphatic carbocycles. The Kier molecular flexibility index (Phi) is 2.50. The number of hydrogen-bond donors (Lipinski definition) is 0. The van der Waals surface area contributed by atoms with Gasteiger partial charge in [0.1, 0.15) is 5.82 Å². The summed E-state index contributed by atoms with van der Waals surface area (Å²) in [5.41, 5.74) is 1.32. The number of halogens is 1. The predicted octanol–water partition coefficient (Wildman–Crippen LogP) is 2.96. The SMILES string of the molecule is CC(=O)c1nc2ccc(F)cc2n1C(C)C. The maximum absolute atomic E-state index is 13.2. The lowest BCUT2D eigenvalue weighted by Gasteiger charge is -2.11. The van der Waals surface area contributed by atoms with Gasteiger partial charge in [-0.05, 0) is 32.0 Å². The normalized spacial score (nSPS) is 11.3. The molecule has 0 amide bonds. The lowest BCUT2D eigenvalue weighted by molar-refractivity contribution is 0.0998. The highest BCUT2D eigenvalue weighted by atomic mass is 19.1. The molecule has 0 aliphatic rings. The summed E-state index contributed by atoms with van der Waals surface area (Å²) in [4.78, 5) is 15.7. The van der Waals surface area contributed by atoms with Crippen LogP contribution in [0.25, 0.3) is 11.0 Å². The molecule has 1 heterocycles. The molecule has 0 spiro atoms. The molecule has 0 N–H and O–H groups in total. The van der Waals surface area contributed by atoms with Crippen LogP contribution in [0.15, 0.2) is 18.2 Å². The van der Waals surface area contributed by atoms with Crippen LogP contribution in [0, 0.1) is 5.82 Å². The second-order valence-corrected chi connectivity index (χ2v) is 4.09. The summed E-state index contributed by atoms with van der Waals surface area (Å²) in [6, 6.07) is 4.43. The van der Waals surface area contributed by atoms with Crippen molar-refractivity contribution in [1.29, 1.82) is 0 Å². The van der Waals surface area contributed by atoms with Crippen LogP contribution in [0.5, 0.6) is 0 Å². The summed E-state index contributed by atoms with van der Waals surface area (Å²) in [5.74, 6) is -0.0367. The minimum atomic E-state index is -0.315. The van der Waals surface area contributed by atoms with Crippen LogP contribution < -0.4 is 0 Å². The summed E-state index contributed by atoms with van der Waals surface area (Å²) < 4.78 is 14.9. The Labute approximate surface area is 92.9 Å². The molecule has 1 aromatic heterocycles. The van der Waals surface area contributed by atoms with Crippen LogP contribution in [-0.2, 0) is 0 Å². The van der Waals surface area contributed by atoms with Crippen molar-refractivity contribution in [3.63, 3.8) is 0 Å². The average molecular weight is 220 g/mol. The third-order valence-electron chi connectivity index (χ3n) is 2.48. The number of aromatic nitrogens is 2. The highest BCUT2D eigenvalue weighted by Crippen LogP contribution is 2.22. The van der Waals surface area contributed by atoms with E-state index in [-0.39, 0.29) is 17.6 Å². The molecule has 16 heavy (non-hydrogen) atoms. The molecule has 0 aliphatic heterocycles. The highest BCUT2D eigenvalue weighted by molar-refractivity contribution is 5.94. The molecule has 0 radical (unpaired) electrons. The van der Waals surface area contributed by atoms with Gasteiger partial charge >= 0.3 is 0 Å². The Morgan fingerprint density at radius 2 is 2.12 bits per heavy atom. The van der Waals surface area contributed by atoms with E-state index in [1.54, 1.807) is 10.6 Å². The van der Waals surface area contributed by atoms with E-state index in [0.717, 1.165) is 0 Å². The molecule has 0 saturated carbocycles. The number of nitrogens with zero attached hydrogens (tertiary/aromatic N) is 2. The van der Waals surface area contributed by atoms with E-state index in [1.165, 1.54) is 19.1 Å². The van der Waals surface area contributed by atoms with Gasteiger partial charge in [0.25, 0.3) is 0 Å². The van der Waals surface area contributed by atoms with E-state index in [4.69, 9.17) is 0 Å². The molecule has 2 rings (SSSR count). The van der Waals surface area contributed by atoms with E-state index >= 15 is 0 Å². The minimum Gasteiger partial charge on any atom is -0.319 e. The topological polar surface area (TPSA) is 34.9 Å². The maximum atomic E-state index is 13.2. The number of carbonyl (C=O) groups is 1.